The van der Waals surface area contributed by atoms with E-state index < -0.39 is 12.0 Å². The molecular weight excluding hydrogens is 160 g/mol. The molecule has 0 radical (unpaired) electrons. The van der Waals surface area contributed by atoms with E-state index in [1.807, 2.05) is 18.7 Å². The Morgan fingerprint density at radius 3 is 2.25 bits per heavy atom. The van der Waals surface area contributed by atoms with Gasteiger partial charge in [0.2, 0.25) is 0 Å². The standard InChI is InChI=1S/C9H15F2N/c1-6(2)12-7-3-4-8(12)9(10,11)5-7/h6-8H,3-5H2,1-2H3. The van der Waals surface area contributed by atoms with E-state index in [1.165, 1.54) is 0 Å². The first kappa shape index (κ1) is 8.42. The molecule has 0 aromatic rings. The minimum absolute atomic E-state index is 0.0931. The fourth-order valence-electron chi connectivity index (χ4n) is 2.77. The summed E-state index contributed by atoms with van der Waals surface area (Å²) in [4.78, 5) is 2.00. The molecule has 0 spiro atoms. The maximum Gasteiger partial charge on any atom is 0.264 e. The van der Waals surface area contributed by atoms with Gasteiger partial charge in [-0.15, -0.1) is 0 Å². The predicted octanol–water partition coefficient (Wildman–Crippen LogP) is 2.27. The molecular formula is C9H15F2N. The summed E-state index contributed by atoms with van der Waals surface area (Å²) in [5, 5.41) is 0. The quantitative estimate of drug-likeness (QED) is 0.591. The van der Waals surface area contributed by atoms with Gasteiger partial charge in [0.1, 0.15) is 0 Å². The molecule has 2 heterocycles. The van der Waals surface area contributed by atoms with E-state index in [1.54, 1.807) is 0 Å². The Morgan fingerprint density at radius 2 is 2.00 bits per heavy atom. The second kappa shape index (κ2) is 2.41. The van der Waals surface area contributed by atoms with Gasteiger partial charge in [-0.1, -0.05) is 0 Å². The van der Waals surface area contributed by atoms with Crippen molar-refractivity contribution in [3.8, 4) is 0 Å². The van der Waals surface area contributed by atoms with Crippen molar-refractivity contribution in [2.24, 2.45) is 0 Å². The molecule has 0 aromatic carbocycles. The highest BCUT2D eigenvalue weighted by Crippen LogP contribution is 2.48. The van der Waals surface area contributed by atoms with Crippen LogP contribution in [0.4, 0.5) is 8.78 Å². The van der Waals surface area contributed by atoms with Gasteiger partial charge in [0.05, 0.1) is 6.04 Å². The first-order valence-electron chi connectivity index (χ1n) is 4.67. The van der Waals surface area contributed by atoms with Crippen LogP contribution in [0.2, 0.25) is 0 Å². The third kappa shape index (κ3) is 0.987. The van der Waals surface area contributed by atoms with Gasteiger partial charge in [-0.2, -0.15) is 0 Å². The summed E-state index contributed by atoms with van der Waals surface area (Å²) in [6, 6.07) is -0.0247. The molecule has 3 heteroatoms. The zero-order valence-electron chi connectivity index (χ0n) is 7.56. The van der Waals surface area contributed by atoms with E-state index >= 15 is 0 Å². The number of halogens is 2. The second-order valence-corrected chi connectivity index (χ2v) is 4.25. The molecule has 0 aromatic heterocycles. The lowest BCUT2D eigenvalue weighted by Gasteiger charge is -2.26. The van der Waals surface area contributed by atoms with Crippen LogP contribution < -0.4 is 0 Å². The van der Waals surface area contributed by atoms with Crippen LogP contribution in [0.5, 0.6) is 0 Å². The highest BCUT2D eigenvalue weighted by molar-refractivity contribution is 5.05. The second-order valence-electron chi connectivity index (χ2n) is 4.25. The summed E-state index contributed by atoms with van der Waals surface area (Å²) in [5.41, 5.74) is 0. The lowest BCUT2D eigenvalue weighted by Crippen LogP contribution is -2.40. The highest BCUT2D eigenvalue weighted by atomic mass is 19.3. The summed E-state index contributed by atoms with van der Waals surface area (Å²) in [6.45, 7) is 4.01. The van der Waals surface area contributed by atoms with Crippen molar-refractivity contribution in [3.63, 3.8) is 0 Å². The van der Waals surface area contributed by atoms with Crippen LogP contribution >= 0.6 is 0 Å². The van der Waals surface area contributed by atoms with E-state index in [2.05, 4.69) is 0 Å². The third-order valence-electron chi connectivity index (χ3n) is 3.15. The average molecular weight is 175 g/mol. The lowest BCUT2D eigenvalue weighted by molar-refractivity contribution is -0.0387. The van der Waals surface area contributed by atoms with Gasteiger partial charge in [0.25, 0.3) is 5.92 Å². The maximum absolute atomic E-state index is 13.2. The molecule has 0 N–H and O–H groups in total. The van der Waals surface area contributed by atoms with Crippen LogP contribution in [-0.2, 0) is 0 Å². The van der Waals surface area contributed by atoms with Crippen molar-refractivity contribution < 1.29 is 8.78 Å². The SMILES string of the molecule is CC(C)N1C2CCC1C(F)(F)C2. The zero-order valence-corrected chi connectivity index (χ0v) is 7.56. The minimum Gasteiger partial charge on any atom is -0.289 e. The first-order chi connectivity index (χ1) is 5.52. The smallest absolute Gasteiger partial charge is 0.264 e. The lowest BCUT2D eigenvalue weighted by atomic mass is 9.97. The Kier molecular flexibility index (Phi) is 1.69. The maximum atomic E-state index is 13.2. The van der Waals surface area contributed by atoms with Crippen LogP contribution in [0.25, 0.3) is 0 Å². The van der Waals surface area contributed by atoms with Gasteiger partial charge < -0.3 is 0 Å². The fraction of sp³-hybridized carbons (Fsp3) is 1.00. The van der Waals surface area contributed by atoms with Gasteiger partial charge in [-0.05, 0) is 26.7 Å². The number of rotatable bonds is 1. The summed E-state index contributed by atoms with van der Waals surface area (Å²) < 4.78 is 26.4. The molecule has 2 aliphatic rings. The highest BCUT2D eigenvalue weighted by Gasteiger charge is 2.58. The number of fused-ring (bicyclic) bond motifs is 2. The Balaban J connectivity index is 2.20. The Bertz CT molecular complexity index is 191. The van der Waals surface area contributed by atoms with Crippen molar-refractivity contribution in [1.29, 1.82) is 0 Å². The topological polar surface area (TPSA) is 3.24 Å². The minimum atomic E-state index is -2.41. The first-order valence-corrected chi connectivity index (χ1v) is 4.67. The summed E-state index contributed by atoms with van der Waals surface area (Å²) in [5.74, 6) is -2.41. The van der Waals surface area contributed by atoms with E-state index in [0.29, 0.717) is 6.42 Å². The molecule has 2 atom stereocenters. The monoisotopic (exact) mass is 175 g/mol. The van der Waals surface area contributed by atoms with Crippen molar-refractivity contribution in [3.05, 3.63) is 0 Å². The van der Waals surface area contributed by atoms with Gasteiger partial charge in [0.15, 0.2) is 0 Å². The van der Waals surface area contributed by atoms with E-state index in [4.69, 9.17) is 0 Å². The molecule has 0 amide bonds. The number of hydrogen-bond acceptors (Lipinski definition) is 1. The largest absolute Gasteiger partial charge is 0.289 e. The number of hydrogen-bond donors (Lipinski definition) is 0. The molecule has 2 unspecified atom stereocenters. The Morgan fingerprint density at radius 1 is 1.33 bits per heavy atom. The normalized spacial score (nSPS) is 39.8. The molecule has 2 fully saturated rings. The van der Waals surface area contributed by atoms with Crippen LogP contribution in [0.3, 0.4) is 0 Å². The molecule has 2 rings (SSSR count). The van der Waals surface area contributed by atoms with Crippen LogP contribution in [0, 0.1) is 0 Å². The van der Waals surface area contributed by atoms with Gasteiger partial charge in [-0.3, -0.25) is 4.90 Å². The zero-order chi connectivity index (χ0) is 8.93. The number of alkyl halides is 2. The average Bonchev–Trinajstić information content (AvgIpc) is 2.38. The molecule has 0 saturated carbocycles. The van der Waals surface area contributed by atoms with Crippen LogP contribution in [0.15, 0.2) is 0 Å². The summed E-state index contributed by atoms with van der Waals surface area (Å²) >= 11 is 0. The van der Waals surface area contributed by atoms with Gasteiger partial charge in [-0.25, -0.2) is 8.78 Å². The Hall–Kier alpha value is -0.180. The molecule has 70 valence electrons. The van der Waals surface area contributed by atoms with Crippen molar-refractivity contribution in [2.45, 2.75) is 57.2 Å². The van der Waals surface area contributed by atoms with Crippen molar-refractivity contribution >= 4 is 0 Å². The summed E-state index contributed by atoms with van der Waals surface area (Å²) in [7, 11) is 0. The van der Waals surface area contributed by atoms with E-state index in [9.17, 15) is 8.78 Å². The third-order valence-corrected chi connectivity index (χ3v) is 3.15. The molecule has 2 aliphatic heterocycles. The molecule has 12 heavy (non-hydrogen) atoms. The van der Waals surface area contributed by atoms with E-state index in [0.717, 1.165) is 6.42 Å². The molecule has 2 bridgehead atoms. The van der Waals surface area contributed by atoms with Crippen molar-refractivity contribution in [2.75, 3.05) is 0 Å². The molecule has 2 saturated heterocycles. The number of nitrogens with zero attached hydrogens (tertiary/aromatic N) is 1. The molecule has 1 nitrogen and oxygen atoms in total. The summed E-state index contributed by atoms with van der Waals surface area (Å²) in [6.07, 6.45) is 1.75. The van der Waals surface area contributed by atoms with Crippen LogP contribution in [0.1, 0.15) is 33.1 Å². The predicted molar refractivity (Wildman–Crippen MR) is 43.3 cm³/mol. The van der Waals surface area contributed by atoms with Crippen molar-refractivity contribution in [1.82, 2.24) is 4.90 Å². The van der Waals surface area contributed by atoms with Gasteiger partial charge in [0, 0.05) is 18.5 Å². The van der Waals surface area contributed by atoms with Gasteiger partial charge >= 0.3 is 0 Å². The Labute approximate surface area is 71.7 Å². The van der Waals surface area contributed by atoms with Crippen LogP contribution in [-0.4, -0.2) is 28.9 Å². The fourth-order valence-corrected chi connectivity index (χ4v) is 2.77. The molecule has 0 aliphatic carbocycles. The van der Waals surface area contributed by atoms with E-state index in [-0.39, 0.29) is 18.5 Å².